The second-order valence-electron chi connectivity index (χ2n) is 5.34. The van der Waals surface area contributed by atoms with Crippen molar-refractivity contribution in [1.29, 1.82) is 0 Å². The van der Waals surface area contributed by atoms with Gasteiger partial charge in [0.2, 0.25) is 0 Å². The summed E-state index contributed by atoms with van der Waals surface area (Å²) in [4.78, 5) is 23.3. The second-order valence-corrected chi connectivity index (χ2v) is 5.34. The molecule has 1 saturated carbocycles. The zero-order valence-electron chi connectivity index (χ0n) is 11.8. The van der Waals surface area contributed by atoms with E-state index in [1.165, 1.54) is 10.9 Å². The summed E-state index contributed by atoms with van der Waals surface area (Å²) in [6.07, 6.45) is 3.61. The quantitative estimate of drug-likeness (QED) is 0.885. The molecule has 22 heavy (non-hydrogen) atoms. The topological polar surface area (TPSA) is 97.1 Å². The van der Waals surface area contributed by atoms with Gasteiger partial charge < -0.3 is 10.4 Å². The first kappa shape index (κ1) is 14.2. The Balaban J connectivity index is 1.71. The molecule has 7 heteroatoms. The minimum Gasteiger partial charge on any atom is -0.481 e. The Bertz CT molecular complexity index is 683. The summed E-state index contributed by atoms with van der Waals surface area (Å²) in [5.74, 6) is -1.77. The number of amides is 1. The molecular weight excluding hydrogens is 284 g/mol. The average molecular weight is 300 g/mol. The third kappa shape index (κ3) is 2.83. The lowest BCUT2D eigenvalue weighted by Gasteiger charge is -2.16. The maximum Gasteiger partial charge on any atom is 0.308 e. The lowest BCUT2D eigenvalue weighted by atomic mass is 10.0. The predicted molar refractivity (Wildman–Crippen MR) is 77.6 cm³/mol. The highest BCUT2D eigenvalue weighted by Gasteiger charge is 2.34. The molecule has 1 heterocycles. The number of aromatic nitrogens is 3. The first-order valence-electron chi connectivity index (χ1n) is 7.16. The van der Waals surface area contributed by atoms with Gasteiger partial charge in [-0.3, -0.25) is 9.59 Å². The Morgan fingerprint density at radius 1 is 1.23 bits per heavy atom. The maximum absolute atomic E-state index is 12.2. The standard InChI is InChI=1S/C15H16N4O3/c20-14(16-12-8-4-7-11(12)15(21)22)13-9-19(18-17-13)10-5-2-1-3-6-10/h1-3,5-6,9,11-12H,4,7-8H2,(H,16,20)(H,21,22)/t11-,12+/m1/s1. The summed E-state index contributed by atoms with van der Waals surface area (Å²) in [6.45, 7) is 0. The molecule has 0 spiro atoms. The van der Waals surface area contributed by atoms with E-state index in [1.54, 1.807) is 0 Å². The summed E-state index contributed by atoms with van der Waals surface area (Å²) in [5, 5.41) is 19.7. The number of carboxylic acid groups (broad SMARTS) is 1. The number of rotatable bonds is 4. The molecule has 0 saturated heterocycles. The van der Waals surface area contributed by atoms with Crippen molar-refractivity contribution in [1.82, 2.24) is 20.3 Å². The molecule has 1 aromatic carbocycles. The molecule has 114 valence electrons. The lowest BCUT2D eigenvalue weighted by Crippen LogP contribution is -2.40. The first-order valence-corrected chi connectivity index (χ1v) is 7.16. The highest BCUT2D eigenvalue weighted by molar-refractivity contribution is 5.92. The Hall–Kier alpha value is -2.70. The second kappa shape index (κ2) is 5.97. The van der Waals surface area contributed by atoms with Crippen LogP contribution in [0.2, 0.25) is 0 Å². The van der Waals surface area contributed by atoms with Crippen LogP contribution in [0.5, 0.6) is 0 Å². The maximum atomic E-state index is 12.2. The van der Waals surface area contributed by atoms with Gasteiger partial charge in [-0.2, -0.15) is 0 Å². The number of aliphatic carboxylic acids is 1. The largest absolute Gasteiger partial charge is 0.481 e. The molecule has 2 N–H and O–H groups in total. The number of hydrogen-bond donors (Lipinski definition) is 2. The van der Waals surface area contributed by atoms with Crippen LogP contribution in [0, 0.1) is 5.92 Å². The number of carbonyl (C=O) groups excluding carboxylic acids is 1. The first-order chi connectivity index (χ1) is 10.6. The summed E-state index contributed by atoms with van der Waals surface area (Å²) >= 11 is 0. The Morgan fingerprint density at radius 2 is 2.00 bits per heavy atom. The van der Waals surface area contributed by atoms with E-state index in [4.69, 9.17) is 5.11 Å². The van der Waals surface area contributed by atoms with Crippen LogP contribution in [0.4, 0.5) is 0 Å². The highest BCUT2D eigenvalue weighted by atomic mass is 16.4. The minimum atomic E-state index is -0.865. The van der Waals surface area contributed by atoms with Gasteiger partial charge in [0.15, 0.2) is 5.69 Å². The molecule has 0 aliphatic heterocycles. The van der Waals surface area contributed by atoms with E-state index in [9.17, 15) is 9.59 Å². The van der Waals surface area contributed by atoms with Crippen LogP contribution in [-0.2, 0) is 4.79 Å². The van der Waals surface area contributed by atoms with E-state index in [-0.39, 0.29) is 17.6 Å². The number of hydrogen-bond acceptors (Lipinski definition) is 4. The summed E-state index contributed by atoms with van der Waals surface area (Å²) in [6, 6.07) is 8.99. The van der Waals surface area contributed by atoms with Gasteiger partial charge in [0.05, 0.1) is 17.8 Å². The number of carboxylic acids is 1. The zero-order valence-corrected chi connectivity index (χ0v) is 11.8. The lowest BCUT2D eigenvalue weighted by molar-refractivity contribution is -0.142. The van der Waals surface area contributed by atoms with Crippen molar-refractivity contribution < 1.29 is 14.7 Å². The van der Waals surface area contributed by atoms with Crippen LogP contribution < -0.4 is 5.32 Å². The van der Waals surface area contributed by atoms with Gasteiger partial charge in [0.25, 0.3) is 5.91 Å². The van der Waals surface area contributed by atoms with Crippen LogP contribution in [0.3, 0.4) is 0 Å². The minimum absolute atomic E-state index is 0.180. The van der Waals surface area contributed by atoms with Crippen LogP contribution in [0.15, 0.2) is 36.5 Å². The van der Waals surface area contributed by atoms with E-state index in [0.29, 0.717) is 12.8 Å². The molecule has 2 atom stereocenters. The normalized spacial score (nSPS) is 20.7. The van der Waals surface area contributed by atoms with Gasteiger partial charge >= 0.3 is 5.97 Å². The monoisotopic (exact) mass is 300 g/mol. The molecule has 1 aromatic heterocycles. The molecule has 2 aromatic rings. The van der Waals surface area contributed by atoms with Crippen LogP contribution >= 0.6 is 0 Å². The number of nitrogens with zero attached hydrogens (tertiary/aromatic N) is 3. The number of benzene rings is 1. The fourth-order valence-corrected chi connectivity index (χ4v) is 2.75. The van der Waals surface area contributed by atoms with E-state index in [2.05, 4.69) is 15.6 Å². The number of para-hydroxylation sites is 1. The van der Waals surface area contributed by atoms with Crippen LogP contribution in [-0.4, -0.2) is 38.0 Å². The Kier molecular flexibility index (Phi) is 3.86. The van der Waals surface area contributed by atoms with Crippen LogP contribution in [0.1, 0.15) is 29.8 Å². The van der Waals surface area contributed by atoms with Gasteiger partial charge in [-0.15, -0.1) is 5.10 Å². The molecule has 1 fully saturated rings. The molecule has 1 amide bonds. The molecule has 1 aliphatic rings. The smallest absolute Gasteiger partial charge is 0.308 e. The zero-order chi connectivity index (χ0) is 15.5. The van der Waals surface area contributed by atoms with Gasteiger partial charge in [-0.1, -0.05) is 29.8 Å². The fraction of sp³-hybridized carbons (Fsp3) is 0.333. The van der Waals surface area contributed by atoms with Crippen LogP contribution in [0.25, 0.3) is 5.69 Å². The average Bonchev–Trinajstić information content (AvgIpc) is 3.17. The van der Waals surface area contributed by atoms with Crippen molar-refractivity contribution in [2.24, 2.45) is 5.92 Å². The van der Waals surface area contributed by atoms with Crippen molar-refractivity contribution in [3.63, 3.8) is 0 Å². The summed E-state index contributed by atoms with van der Waals surface area (Å²) in [5.41, 5.74) is 0.984. The third-order valence-corrected chi connectivity index (χ3v) is 3.90. The Morgan fingerprint density at radius 3 is 2.73 bits per heavy atom. The van der Waals surface area contributed by atoms with E-state index in [0.717, 1.165) is 12.1 Å². The van der Waals surface area contributed by atoms with Gasteiger partial charge in [0.1, 0.15) is 0 Å². The molecule has 0 radical (unpaired) electrons. The molecule has 0 bridgehead atoms. The number of nitrogens with one attached hydrogen (secondary N) is 1. The van der Waals surface area contributed by atoms with E-state index >= 15 is 0 Å². The van der Waals surface area contributed by atoms with Crippen molar-refractivity contribution in [3.8, 4) is 5.69 Å². The molecule has 1 aliphatic carbocycles. The Labute approximate surface area is 126 Å². The van der Waals surface area contributed by atoms with Crippen molar-refractivity contribution in [3.05, 3.63) is 42.2 Å². The predicted octanol–water partition coefficient (Wildman–Crippen LogP) is 1.25. The number of carbonyl (C=O) groups is 2. The summed E-state index contributed by atoms with van der Waals surface area (Å²) in [7, 11) is 0. The fourth-order valence-electron chi connectivity index (χ4n) is 2.75. The van der Waals surface area contributed by atoms with Gasteiger partial charge in [-0.05, 0) is 25.0 Å². The third-order valence-electron chi connectivity index (χ3n) is 3.90. The van der Waals surface area contributed by atoms with E-state index in [1.807, 2.05) is 30.3 Å². The molecule has 7 nitrogen and oxygen atoms in total. The SMILES string of the molecule is O=C(N[C@H]1CCC[C@H]1C(=O)O)c1cn(-c2ccccc2)nn1. The summed E-state index contributed by atoms with van der Waals surface area (Å²) < 4.78 is 1.51. The molecule has 0 unspecified atom stereocenters. The van der Waals surface area contributed by atoms with Gasteiger partial charge in [0, 0.05) is 6.04 Å². The van der Waals surface area contributed by atoms with Crippen molar-refractivity contribution in [2.75, 3.05) is 0 Å². The highest BCUT2D eigenvalue weighted by Crippen LogP contribution is 2.26. The van der Waals surface area contributed by atoms with Gasteiger partial charge in [-0.25, -0.2) is 4.68 Å². The van der Waals surface area contributed by atoms with E-state index < -0.39 is 11.9 Å². The van der Waals surface area contributed by atoms with Crippen molar-refractivity contribution in [2.45, 2.75) is 25.3 Å². The molecular formula is C15H16N4O3. The van der Waals surface area contributed by atoms with Crippen molar-refractivity contribution >= 4 is 11.9 Å². The molecule has 3 rings (SSSR count).